The van der Waals surface area contributed by atoms with Gasteiger partial charge in [0, 0.05) is 17.7 Å². The first-order chi connectivity index (χ1) is 12.1. The molecule has 0 saturated carbocycles. The molecule has 2 aromatic carbocycles. The van der Waals surface area contributed by atoms with E-state index in [1.165, 1.54) is 12.1 Å². The van der Waals surface area contributed by atoms with E-state index < -0.39 is 11.9 Å². The van der Waals surface area contributed by atoms with Gasteiger partial charge in [0.25, 0.3) is 0 Å². The van der Waals surface area contributed by atoms with Crippen LogP contribution in [0.15, 0.2) is 48.5 Å². The highest BCUT2D eigenvalue weighted by molar-refractivity contribution is 5.97. The zero-order chi connectivity index (χ0) is 17.8. The molecule has 0 radical (unpaired) electrons. The first-order valence-electron chi connectivity index (χ1n) is 8.54. The van der Waals surface area contributed by atoms with Crippen molar-refractivity contribution in [2.24, 2.45) is 0 Å². The van der Waals surface area contributed by atoms with Gasteiger partial charge in [-0.15, -0.1) is 0 Å². The van der Waals surface area contributed by atoms with Crippen LogP contribution >= 0.6 is 0 Å². The Bertz CT molecular complexity index is 777. The van der Waals surface area contributed by atoms with Gasteiger partial charge in [-0.25, -0.2) is 4.39 Å². The molecule has 130 valence electrons. The molecule has 2 aromatic rings. The Morgan fingerprint density at radius 2 is 2.00 bits per heavy atom. The van der Waals surface area contributed by atoms with Crippen molar-refractivity contribution in [2.45, 2.75) is 32.2 Å². The van der Waals surface area contributed by atoms with Gasteiger partial charge >= 0.3 is 0 Å². The summed E-state index contributed by atoms with van der Waals surface area (Å²) in [4.78, 5) is 26.6. The largest absolute Gasteiger partial charge is 0.324 e. The van der Waals surface area contributed by atoms with Crippen LogP contribution < -0.4 is 5.32 Å². The molecule has 0 spiro atoms. The van der Waals surface area contributed by atoms with Crippen LogP contribution in [0.25, 0.3) is 0 Å². The van der Waals surface area contributed by atoms with Crippen LogP contribution in [0.2, 0.25) is 0 Å². The summed E-state index contributed by atoms with van der Waals surface area (Å²) in [6, 6.07) is 13.2. The Morgan fingerprint density at radius 1 is 1.24 bits per heavy atom. The van der Waals surface area contributed by atoms with E-state index in [-0.39, 0.29) is 18.4 Å². The highest BCUT2D eigenvalue weighted by Gasteiger charge is 2.33. The van der Waals surface area contributed by atoms with Crippen LogP contribution in [0.5, 0.6) is 0 Å². The van der Waals surface area contributed by atoms with E-state index in [2.05, 4.69) is 5.32 Å². The van der Waals surface area contributed by atoms with Crippen molar-refractivity contribution in [1.82, 2.24) is 4.90 Å². The lowest BCUT2D eigenvalue weighted by Gasteiger charge is -2.30. The number of hydrogen-bond acceptors (Lipinski definition) is 2. The number of carbonyl (C=O) groups excluding carboxylic acids is 2. The predicted octanol–water partition coefficient (Wildman–Crippen LogP) is 3.89. The van der Waals surface area contributed by atoms with Crippen molar-refractivity contribution in [3.05, 3.63) is 65.5 Å². The van der Waals surface area contributed by atoms with E-state index in [1.807, 2.05) is 37.3 Å². The number of halogens is 1. The Morgan fingerprint density at radius 3 is 2.72 bits per heavy atom. The summed E-state index contributed by atoms with van der Waals surface area (Å²) in [6.07, 6.45) is 2.03. The van der Waals surface area contributed by atoms with Crippen molar-refractivity contribution in [2.75, 3.05) is 11.9 Å². The molecule has 1 N–H and O–H groups in total. The topological polar surface area (TPSA) is 49.4 Å². The minimum atomic E-state index is -0.491. The van der Waals surface area contributed by atoms with Crippen LogP contribution in [0.1, 0.15) is 43.4 Å². The van der Waals surface area contributed by atoms with Crippen molar-refractivity contribution in [1.29, 1.82) is 0 Å². The fourth-order valence-corrected chi connectivity index (χ4v) is 3.18. The summed E-state index contributed by atoms with van der Waals surface area (Å²) < 4.78 is 13.9. The first kappa shape index (κ1) is 17.1. The average Bonchev–Trinajstić information content (AvgIpc) is 2.76. The van der Waals surface area contributed by atoms with E-state index in [1.54, 1.807) is 11.0 Å². The molecule has 0 saturated heterocycles. The number of unbranched alkanes of at least 4 members (excludes halogenated alkanes) is 1. The first-order valence-corrected chi connectivity index (χ1v) is 8.54. The minimum Gasteiger partial charge on any atom is -0.324 e. The molecule has 0 aliphatic carbocycles. The fraction of sp³-hybridized carbons (Fsp3) is 0.300. The maximum Gasteiger partial charge on any atom is 0.244 e. The number of carbonyl (C=O) groups is 2. The maximum atomic E-state index is 13.9. The second-order valence-corrected chi connectivity index (χ2v) is 6.22. The summed E-state index contributed by atoms with van der Waals surface area (Å²) in [5.41, 5.74) is 2.00. The van der Waals surface area contributed by atoms with Gasteiger partial charge in [0.15, 0.2) is 0 Å². The third-order valence-electron chi connectivity index (χ3n) is 4.39. The molecule has 25 heavy (non-hydrogen) atoms. The zero-order valence-electron chi connectivity index (χ0n) is 14.2. The summed E-state index contributed by atoms with van der Waals surface area (Å²) in [5.74, 6) is -0.754. The Labute approximate surface area is 146 Å². The number of anilines is 1. The summed E-state index contributed by atoms with van der Waals surface area (Å²) in [7, 11) is 0. The number of nitrogens with one attached hydrogen (secondary N) is 1. The van der Waals surface area contributed by atoms with Gasteiger partial charge in [-0.1, -0.05) is 43.7 Å². The van der Waals surface area contributed by atoms with Gasteiger partial charge in [0.1, 0.15) is 12.4 Å². The average molecular weight is 340 g/mol. The van der Waals surface area contributed by atoms with Crippen LogP contribution in [0, 0.1) is 5.82 Å². The molecule has 0 bridgehead atoms. The monoisotopic (exact) mass is 340 g/mol. The lowest BCUT2D eigenvalue weighted by atomic mass is 9.95. The highest BCUT2D eigenvalue weighted by atomic mass is 19.1. The molecule has 5 heteroatoms. The lowest BCUT2D eigenvalue weighted by molar-refractivity contribution is -0.136. The molecule has 3 rings (SSSR count). The molecule has 1 aliphatic heterocycles. The lowest BCUT2D eigenvalue weighted by Crippen LogP contribution is -2.38. The standard InChI is InChI=1S/C20H21FN2O2/c1-2-3-9-19(25)23-13-18(24)22-17-11-10-15(21)12-16(17)20(23)14-7-5-4-6-8-14/h4-8,10-12,20H,2-3,9,13H2,1H3,(H,22,24)/t20-/m1/s1. The van der Waals surface area contributed by atoms with E-state index >= 15 is 0 Å². The van der Waals surface area contributed by atoms with Gasteiger partial charge in [-0.05, 0) is 30.2 Å². The second-order valence-electron chi connectivity index (χ2n) is 6.22. The van der Waals surface area contributed by atoms with Crippen LogP contribution in [-0.4, -0.2) is 23.3 Å². The Balaban J connectivity index is 2.12. The summed E-state index contributed by atoms with van der Waals surface area (Å²) in [6.45, 7) is 1.97. The normalized spacial score (nSPS) is 16.8. The number of benzene rings is 2. The van der Waals surface area contributed by atoms with Crippen molar-refractivity contribution >= 4 is 17.5 Å². The maximum absolute atomic E-state index is 13.9. The molecular weight excluding hydrogens is 319 g/mol. The zero-order valence-corrected chi connectivity index (χ0v) is 14.2. The van der Waals surface area contributed by atoms with E-state index in [9.17, 15) is 14.0 Å². The minimum absolute atomic E-state index is 0.0432. The SMILES string of the molecule is CCCCC(=O)N1CC(=O)Nc2ccc(F)cc2[C@H]1c1ccccc1. The summed E-state index contributed by atoms with van der Waals surface area (Å²) in [5, 5.41) is 2.79. The van der Waals surface area contributed by atoms with E-state index in [0.717, 1.165) is 18.4 Å². The molecule has 1 atom stereocenters. The van der Waals surface area contributed by atoms with Gasteiger partial charge < -0.3 is 10.2 Å². The molecule has 2 amide bonds. The van der Waals surface area contributed by atoms with Crippen molar-refractivity contribution in [3.63, 3.8) is 0 Å². The Hall–Kier alpha value is -2.69. The number of rotatable bonds is 4. The predicted molar refractivity (Wildman–Crippen MR) is 94.6 cm³/mol. The fourth-order valence-electron chi connectivity index (χ4n) is 3.18. The quantitative estimate of drug-likeness (QED) is 0.918. The molecule has 0 fully saturated rings. The summed E-state index contributed by atoms with van der Waals surface area (Å²) >= 11 is 0. The smallest absolute Gasteiger partial charge is 0.244 e. The molecule has 0 unspecified atom stereocenters. The number of amides is 2. The third kappa shape index (κ3) is 3.71. The molecular formula is C20H21FN2O2. The van der Waals surface area contributed by atoms with Crippen molar-refractivity contribution in [3.8, 4) is 0 Å². The molecule has 0 aromatic heterocycles. The number of hydrogen-bond donors (Lipinski definition) is 1. The van der Waals surface area contributed by atoms with E-state index in [0.29, 0.717) is 17.7 Å². The van der Waals surface area contributed by atoms with Gasteiger partial charge in [-0.3, -0.25) is 9.59 Å². The second kappa shape index (κ2) is 7.47. The van der Waals surface area contributed by atoms with Crippen LogP contribution in [0.3, 0.4) is 0 Å². The number of nitrogens with zero attached hydrogens (tertiary/aromatic N) is 1. The van der Waals surface area contributed by atoms with Gasteiger partial charge in [-0.2, -0.15) is 0 Å². The number of fused-ring (bicyclic) bond motifs is 1. The van der Waals surface area contributed by atoms with Gasteiger partial charge in [0.2, 0.25) is 11.8 Å². The van der Waals surface area contributed by atoms with E-state index in [4.69, 9.17) is 0 Å². The van der Waals surface area contributed by atoms with Crippen molar-refractivity contribution < 1.29 is 14.0 Å². The van der Waals surface area contributed by atoms with Gasteiger partial charge in [0.05, 0.1) is 6.04 Å². The molecule has 1 heterocycles. The Kier molecular flexibility index (Phi) is 5.12. The highest BCUT2D eigenvalue weighted by Crippen LogP contribution is 2.36. The third-order valence-corrected chi connectivity index (χ3v) is 4.39. The van der Waals surface area contributed by atoms with Crippen LogP contribution in [0.4, 0.5) is 10.1 Å². The molecule has 4 nitrogen and oxygen atoms in total. The van der Waals surface area contributed by atoms with Crippen LogP contribution in [-0.2, 0) is 9.59 Å². The molecule has 1 aliphatic rings.